The number of carbonyl (C=O) groups excluding carboxylic acids is 1. The molecule has 2 aromatic rings. The average molecular weight is 332 g/mol. The first kappa shape index (κ1) is 17.4. The fourth-order valence-electron chi connectivity index (χ4n) is 2.21. The first-order valence-electron chi connectivity index (χ1n) is 7.60. The number of rotatable bonds is 4. The summed E-state index contributed by atoms with van der Waals surface area (Å²) >= 11 is 5.84. The summed E-state index contributed by atoms with van der Waals surface area (Å²) in [6.45, 7) is 8.10. The number of carbonyl (C=O) groups is 1. The van der Waals surface area contributed by atoms with Crippen molar-refractivity contribution in [3.63, 3.8) is 0 Å². The lowest BCUT2D eigenvalue weighted by Crippen LogP contribution is -2.31. The minimum Gasteiger partial charge on any atom is -0.481 e. The molecular weight excluding hydrogens is 310 g/mol. The molecule has 0 aromatic heterocycles. The molecule has 0 saturated carbocycles. The van der Waals surface area contributed by atoms with Gasteiger partial charge in [0.05, 0.1) is 0 Å². The summed E-state index contributed by atoms with van der Waals surface area (Å²) in [4.78, 5) is 12.3. The van der Waals surface area contributed by atoms with Crippen LogP contribution in [0.5, 0.6) is 5.75 Å². The van der Waals surface area contributed by atoms with E-state index >= 15 is 0 Å². The number of benzene rings is 2. The van der Waals surface area contributed by atoms with E-state index in [9.17, 15) is 4.79 Å². The Balaban J connectivity index is 2.08. The number of para-hydroxylation sites is 1. The smallest absolute Gasteiger partial charge is 0.265 e. The molecule has 1 amide bonds. The molecule has 1 unspecified atom stereocenters. The Morgan fingerprint density at radius 3 is 2.30 bits per heavy atom. The lowest BCUT2D eigenvalue weighted by atomic mass is 9.86. The van der Waals surface area contributed by atoms with Crippen LogP contribution in [0.1, 0.15) is 33.3 Å². The molecule has 1 atom stereocenters. The number of amides is 1. The van der Waals surface area contributed by atoms with Crippen molar-refractivity contribution in [2.75, 3.05) is 5.32 Å². The van der Waals surface area contributed by atoms with Crippen LogP contribution < -0.4 is 10.1 Å². The minimum absolute atomic E-state index is 0.0526. The van der Waals surface area contributed by atoms with Crippen molar-refractivity contribution in [1.82, 2.24) is 0 Å². The van der Waals surface area contributed by atoms with Crippen LogP contribution in [-0.2, 0) is 10.2 Å². The third-order valence-corrected chi connectivity index (χ3v) is 3.73. The first-order valence-corrected chi connectivity index (χ1v) is 7.98. The lowest BCUT2D eigenvalue weighted by Gasteiger charge is -2.24. The lowest BCUT2D eigenvalue weighted by molar-refractivity contribution is -0.122. The summed E-state index contributed by atoms with van der Waals surface area (Å²) in [5, 5.41) is 3.46. The zero-order valence-electron chi connectivity index (χ0n) is 13.9. The Morgan fingerprint density at radius 1 is 1.09 bits per heavy atom. The molecule has 0 fully saturated rings. The predicted octanol–water partition coefficient (Wildman–Crippen LogP) is 5.04. The summed E-state index contributed by atoms with van der Waals surface area (Å²) in [6.07, 6.45) is -0.603. The Bertz CT molecular complexity index is 675. The molecule has 122 valence electrons. The van der Waals surface area contributed by atoms with E-state index in [0.717, 1.165) is 11.3 Å². The molecule has 23 heavy (non-hydrogen) atoms. The molecule has 4 heteroatoms. The summed E-state index contributed by atoms with van der Waals surface area (Å²) in [7, 11) is 0. The summed E-state index contributed by atoms with van der Waals surface area (Å²) in [6, 6.07) is 14.8. The zero-order chi connectivity index (χ0) is 17.0. The van der Waals surface area contributed by atoms with Gasteiger partial charge in [-0.2, -0.15) is 0 Å². The molecule has 0 radical (unpaired) electrons. The highest BCUT2D eigenvalue weighted by Gasteiger charge is 2.22. The first-order chi connectivity index (χ1) is 10.8. The highest BCUT2D eigenvalue weighted by atomic mass is 35.5. The monoisotopic (exact) mass is 331 g/mol. The van der Waals surface area contributed by atoms with Crippen LogP contribution in [0.4, 0.5) is 5.69 Å². The highest BCUT2D eigenvalue weighted by molar-refractivity contribution is 6.30. The number of halogens is 1. The highest BCUT2D eigenvalue weighted by Crippen LogP contribution is 2.31. The molecule has 1 N–H and O–H groups in total. The zero-order valence-corrected chi connectivity index (χ0v) is 14.6. The van der Waals surface area contributed by atoms with Crippen molar-refractivity contribution in [1.29, 1.82) is 0 Å². The second kappa shape index (κ2) is 7.05. The Kier molecular flexibility index (Phi) is 5.32. The number of ether oxygens (including phenoxy) is 1. The van der Waals surface area contributed by atoms with Crippen LogP contribution in [0, 0.1) is 0 Å². The van der Waals surface area contributed by atoms with Gasteiger partial charge in [-0.25, -0.2) is 0 Å². The maximum Gasteiger partial charge on any atom is 0.265 e. The van der Waals surface area contributed by atoms with E-state index in [-0.39, 0.29) is 11.3 Å². The van der Waals surface area contributed by atoms with Crippen molar-refractivity contribution in [3.05, 3.63) is 59.1 Å². The van der Waals surface area contributed by atoms with Gasteiger partial charge in [0, 0.05) is 10.7 Å². The number of hydrogen-bond acceptors (Lipinski definition) is 2. The van der Waals surface area contributed by atoms with Gasteiger partial charge in [-0.05, 0) is 48.2 Å². The third kappa shape index (κ3) is 4.73. The van der Waals surface area contributed by atoms with E-state index in [1.807, 2.05) is 24.3 Å². The molecule has 0 aliphatic carbocycles. The van der Waals surface area contributed by atoms with Crippen LogP contribution in [-0.4, -0.2) is 12.0 Å². The maximum atomic E-state index is 12.3. The van der Waals surface area contributed by atoms with Crippen molar-refractivity contribution < 1.29 is 9.53 Å². The number of hydrogen-bond donors (Lipinski definition) is 1. The fourth-order valence-corrected chi connectivity index (χ4v) is 2.34. The van der Waals surface area contributed by atoms with Gasteiger partial charge in [-0.15, -0.1) is 0 Å². The van der Waals surface area contributed by atoms with Gasteiger partial charge < -0.3 is 10.1 Å². The van der Waals surface area contributed by atoms with E-state index in [0.29, 0.717) is 10.7 Å². The van der Waals surface area contributed by atoms with Gasteiger partial charge in [0.15, 0.2) is 6.10 Å². The molecule has 0 heterocycles. The number of nitrogens with one attached hydrogen (secondary N) is 1. The van der Waals surface area contributed by atoms with Gasteiger partial charge in [0.2, 0.25) is 0 Å². The average Bonchev–Trinajstić information content (AvgIpc) is 2.49. The topological polar surface area (TPSA) is 38.3 Å². The molecule has 0 saturated heterocycles. The van der Waals surface area contributed by atoms with Crippen molar-refractivity contribution in [3.8, 4) is 5.75 Å². The third-order valence-electron chi connectivity index (χ3n) is 3.48. The van der Waals surface area contributed by atoms with Gasteiger partial charge >= 0.3 is 0 Å². The van der Waals surface area contributed by atoms with E-state index in [4.69, 9.17) is 16.3 Å². The Labute approximate surface area is 142 Å². The van der Waals surface area contributed by atoms with Crippen LogP contribution in [0.25, 0.3) is 0 Å². The summed E-state index contributed by atoms with van der Waals surface area (Å²) in [5.41, 5.74) is 1.72. The maximum absolute atomic E-state index is 12.3. The van der Waals surface area contributed by atoms with Crippen molar-refractivity contribution in [2.45, 2.75) is 39.2 Å². The SMILES string of the molecule is CC(Oc1ccccc1C(C)(C)C)C(=O)Nc1ccc(Cl)cc1. The molecule has 0 aliphatic rings. The summed E-state index contributed by atoms with van der Waals surface area (Å²) in [5.74, 6) is 0.537. The molecule has 0 bridgehead atoms. The molecule has 2 rings (SSSR count). The number of anilines is 1. The van der Waals surface area contributed by atoms with Gasteiger partial charge in [-0.3, -0.25) is 4.79 Å². The van der Waals surface area contributed by atoms with Gasteiger partial charge in [0.1, 0.15) is 5.75 Å². The Morgan fingerprint density at radius 2 is 1.70 bits per heavy atom. The van der Waals surface area contributed by atoms with Crippen LogP contribution in [0.2, 0.25) is 5.02 Å². The fraction of sp³-hybridized carbons (Fsp3) is 0.316. The Hall–Kier alpha value is -2.00. The predicted molar refractivity (Wildman–Crippen MR) is 95.3 cm³/mol. The van der Waals surface area contributed by atoms with Crippen molar-refractivity contribution in [2.24, 2.45) is 0 Å². The van der Waals surface area contributed by atoms with Crippen LogP contribution >= 0.6 is 11.6 Å². The standard InChI is InChI=1S/C19H22ClNO2/c1-13(18(22)21-15-11-9-14(20)10-12-15)23-17-8-6-5-7-16(17)19(2,3)4/h5-13H,1-4H3,(H,21,22). The molecule has 2 aromatic carbocycles. The molecular formula is C19H22ClNO2. The normalized spacial score (nSPS) is 12.6. The second-order valence-electron chi connectivity index (χ2n) is 6.50. The second-order valence-corrected chi connectivity index (χ2v) is 6.94. The van der Waals surface area contributed by atoms with E-state index < -0.39 is 6.10 Å². The van der Waals surface area contributed by atoms with E-state index in [1.54, 1.807) is 31.2 Å². The van der Waals surface area contributed by atoms with Gasteiger partial charge in [0.25, 0.3) is 5.91 Å². The minimum atomic E-state index is -0.603. The molecule has 3 nitrogen and oxygen atoms in total. The largest absolute Gasteiger partial charge is 0.481 e. The molecule has 0 aliphatic heterocycles. The van der Waals surface area contributed by atoms with Gasteiger partial charge in [-0.1, -0.05) is 50.6 Å². The van der Waals surface area contributed by atoms with Crippen LogP contribution in [0.3, 0.4) is 0 Å². The summed E-state index contributed by atoms with van der Waals surface area (Å²) < 4.78 is 5.89. The van der Waals surface area contributed by atoms with E-state index in [2.05, 4.69) is 26.1 Å². The quantitative estimate of drug-likeness (QED) is 0.852. The molecule has 0 spiro atoms. The van der Waals surface area contributed by atoms with Crippen LogP contribution in [0.15, 0.2) is 48.5 Å². The van der Waals surface area contributed by atoms with E-state index in [1.165, 1.54) is 0 Å². The van der Waals surface area contributed by atoms with Crippen molar-refractivity contribution >= 4 is 23.2 Å².